The molecule has 13 heavy (non-hydrogen) atoms. The number of hydrogen-bond acceptors (Lipinski definition) is 2. The Labute approximate surface area is 80.1 Å². The van der Waals surface area contributed by atoms with E-state index in [-0.39, 0.29) is 6.61 Å². The first-order valence-electron chi connectivity index (χ1n) is 4.96. The van der Waals surface area contributed by atoms with Crippen LogP contribution in [0.15, 0.2) is 0 Å². The Morgan fingerprint density at radius 1 is 1.46 bits per heavy atom. The third-order valence-corrected chi connectivity index (χ3v) is 1.93. The van der Waals surface area contributed by atoms with E-state index in [2.05, 4.69) is 13.8 Å². The molecular weight excluding hydrogens is 168 g/mol. The Balaban J connectivity index is 3.19. The van der Waals surface area contributed by atoms with Crippen LogP contribution in [0.25, 0.3) is 0 Å². The van der Waals surface area contributed by atoms with E-state index in [1.165, 1.54) is 19.3 Å². The second-order valence-electron chi connectivity index (χ2n) is 3.51. The molecular formula is C10H20O3. The summed E-state index contributed by atoms with van der Waals surface area (Å²) in [5, 5.41) is 8.32. The number of carboxylic acids is 1. The summed E-state index contributed by atoms with van der Waals surface area (Å²) in [7, 11) is 0. The van der Waals surface area contributed by atoms with Crippen molar-refractivity contribution in [1.82, 2.24) is 0 Å². The van der Waals surface area contributed by atoms with Gasteiger partial charge in [-0.2, -0.15) is 0 Å². The lowest BCUT2D eigenvalue weighted by atomic mass is 10.0. The van der Waals surface area contributed by atoms with Gasteiger partial charge in [0.05, 0.1) is 0 Å². The molecule has 1 N–H and O–H groups in total. The first-order chi connectivity index (χ1) is 6.16. The average molecular weight is 188 g/mol. The summed E-state index contributed by atoms with van der Waals surface area (Å²) in [6.07, 6.45) is 4.83. The van der Waals surface area contributed by atoms with Gasteiger partial charge in [-0.15, -0.1) is 0 Å². The van der Waals surface area contributed by atoms with E-state index in [1.54, 1.807) is 0 Å². The third-order valence-electron chi connectivity index (χ3n) is 1.93. The van der Waals surface area contributed by atoms with Crippen LogP contribution in [0, 0.1) is 5.92 Å². The van der Waals surface area contributed by atoms with E-state index in [9.17, 15) is 4.79 Å². The highest BCUT2D eigenvalue weighted by Gasteiger charge is 2.03. The Hall–Kier alpha value is -0.570. The molecule has 0 spiro atoms. The summed E-state index contributed by atoms with van der Waals surface area (Å²) in [6.45, 7) is 4.66. The second kappa shape index (κ2) is 8.05. The highest BCUT2D eigenvalue weighted by atomic mass is 16.5. The Bertz CT molecular complexity index is 134. The predicted molar refractivity (Wildman–Crippen MR) is 51.8 cm³/mol. The monoisotopic (exact) mass is 188 g/mol. The average Bonchev–Trinajstić information content (AvgIpc) is 2.04. The highest BCUT2D eigenvalue weighted by molar-refractivity contribution is 5.67. The summed E-state index contributed by atoms with van der Waals surface area (Å²) in [5.74, 6) is -0.411. The molecule has 1 atom stereocenters. The number of carbonyl (C=O) groups is 1. The van der Waals surface area contributed by atoms with Gasteiger partial charge in [0, 0.05) is 6.61 Å². The molecule has 3 heteroatoms. The molecule has 0 amide bonds. The molecule has 0 saturated carbocycles. The molecule has 0 rings (SSSR count). The van der Waals surface area contributed by atoms with Crippen LogP contribution in [0.4, 0.5) is 0 Å². The van der Waals surface area contributed by atoms with Crippen LogP contribution < -0.4 is 0 Å². The van der Waals surface area contributed by atoms with Gasteiger partial charge in [-0.1, -0.05) is 33.1 Å². The van der Waals surface area contributed by atoms with Crippen LogP contribution in [0.3, 0.4) is 0 Å². The van der Waals surface area contributed by atoms with Crippen LogP contribution in [0.5, 0.6) is 0 Å². The molecule has 0 aromatic rings. The van der Waals surface area contributed by atoms with E-state index in [0.29, 0.717) is 12.5 Å². The molecule has 0 aliphatic heterocycles. The minimum Gasteiger partial charge on any atom is -0.480 e. The number of carboxylic acid groups (broad SMARTS) is 1. The lowest BCUT2D eigenvalue weighted by Crippen LogP contribution is -2.12. The normalized spacial score (nSPS) is 12.8. The zero-order chi connectivity index (χ0) is 10.1. The fourth-order valence-electron chi connectivity index (χ4n) is 1.17. The number of hydrogen-bond donors (Lipinski definition) is 1. The Morgan fingerprint density at radius 3 is 2.69 bits per heavy atom. The molecule has 1 unspecified atom stereocenters. The number of rotatable bonds is 8. The van der Waals surface area contributed by atoms with Crippen LogP contribution in [-0.4, -0.2) is 24.3 Å². The largest absolute Gasteiger partial charge is 0.480 e. The molecule has 3 nitrogen and oxygen atoms in total. The molecule has 0 radical (unpaired) electrons. The zero-order valence-corrected chi connectivity index (χ0v) is 8.58. The lowest BCUT2D eigenvalue weighted by Gasteiger charge is -2.09. The van der Waals surface area contributed by atoms with Crippen LogP contribution in [-0.2, 0) is 9.53 Å². The SMILES string of the molecule is CCCCCC(C)COCC(=O)O. The maximum atomic E-state index is 10.1. The van der Waals surface area contributed by atoms with E-state index in [0.717, 1.165) is 6.42 Å². The van der Waals surface area contributed by atoms with Gasteiger partial charge in [-0.25, -0.2) is 4.79 Å². The molecule has 0 heterocycles. The number of unbranched alkanes of at least 4 members (excludes halogenated alkanes) is 2. The van der Waals surface area contributed by atoms with E-state index >= 15 is 0 Å². The fraction of sp³-hybridized carbons (Fsp3) is 0.900. The van der Waals surface area contributed by atoms with Crippen molar-refractivity contribution in [2.45, 2.75) is 39.5 Å². The quantitative estimate of drug-likeness (QED) is 0.594. The summed E-state index contributed by atoms with van der Waals surface area (Å²) in [5.41, 5.74) is 0. The molecule has 0 bridgehead atoms. The van der Waals surface area contributed by atoms with Crippen molar-refractivity contribution in [2.75, 3.05) is 13.2 Å². The molecule has 0 saturated heterocycles. The van der Waals surface area contributed by atoms with Crippen molar-refractivity contribution in [1.29, 1.82) is 0 Å². The third kappa shape index (κ3) is 9.34. The van der Waals surface area contributed by atoms with Crippen LogP contribution in [0.2, 0.25) is 0 Å². The van der Waals surface area contributed by atoms with Gasteiger partial charge in [0.25, 0.3) is 0 Å². The Kier molecular flexibility index (Phi) is 7.69. The minimum atomic E-state index is -0.888. The molecule has 0 aliphatic carbocycles. The molecule has 0 aromatic heterocycles. The van der Waals surface area contributed by atoms with Gasteiger partial charge in [-0.05, 0) is 12.3 Å². The van der Waals surface area contributed by atoms with Crippen molar-refractivity contribution >= 4 is 5.97 Å². The Morgan fingerprint density at radius 2 is 2.15 bits per heavy atom. The highest BCUT2D eigenvalue weighted by Crippen LogP contribution is 2.09. The maximum absolute atomic E-state index is 10.1. The maximum Gasteiger partial charge on any atom is 0.329 e. The van der Waals surface area contributed by atoms with Gasteiger partial charge in [0.2, 0.25) is 0 Å². The smallest absolute Gasteiger partial charge is 0.329 e. The zero-order valence-electron chi connectivity index (χ0n) is 8.58. The van der Waals surface area contributed by atoms with Gasteiger partial charge in [0.15, 0.2) is 0 Å². The van der Waals surface area contributed by atoms with Crippen molar-refractivity contribution < 1.29 is 14.6 Å². The molecule has 0 aliphatic rings. The summed E-state index contributed by atoms with van der Waals surface area (Å²) in [4.78, 5) is 10.1. The van der Waals surface area contributed by atoms with Crippen LogP contribution >= 0.6 is 0 Å². The topological polar surface area (TPSA) is 46.5 Å². The lowest BCUT2D eigenvalue weighted by molar-refractivity contribution is -0.142. The molecule has 0 aromatic carbocycles. The van der Waals surface area contributed by atoms with E-state index in [1.807, 2.05) is 0 Å². The summed E-state index contributed by atoms with van der Waals surface area (Å²) >= 11 is 0. The molecule has 0 fully saturated rings. The fourth-order valence-corrected chi connectivity index (χ4v) is 1.17. The van der Waals surface area contributed by atoms with Gasteiger partial charge < -0.3 is 9.84 Å². The first-order valence-corrected chi connectivity index (χ1v) is 4.96. The van der Waals surface area contributed by atoms with E-state index in [4.69, 9.17) is 9.84 Å². The van der Waals surface area contributed by atoms with Crippen molar-refractivity contribution in [3.63, 3.8) is 0 Å². The van der Waals surface area contributed by atoms with Crippen molar-refractivity contribution in [2.24, 2.45) is 5.92 Å². The minimum absolute atomic E-state index is 0.169. The van der Waals surface area contributed by atoms with Gasteiger partial charge >= 0.3 is 5.97 Å². The summed E-state index contributed by atoms with van der Waals surface area (Å²) < 4.78 is 4.99. The second-order valence-corrected chi connectivity index (χ2v) is 3.51. The van der Waals surface area contributed by atoms with Gasteiger partial charge in [0.1, 0.15) is 6.61 Å². The van der Waals surface area contributed by atoms with Crippen LogP contribution in [0.1, 0.15) is 39.5 Å². The number of ether oxygens (including phenoxy) is 1. The predicted octanol–water partition coefficient (Wildman–Crippen LogP) is 2.30. The van der Waals surface area contributed by atoms with Gasteiger partial charge in [-0.3, -0.25) is 0 Å². The first kappa shape index (κ1) is 12.4. The van der Waals surface area contributed by atoms with Crippen molar-refractivity contribution in [3.8, 4) is 0 Å². The molecule has 78 valence electrons. The number of aliphatic carboxylic acids is 1. The van der Waals surface area contributed by atoms with E-state index < -0.39 is 5.97 Å². The summed E-state index contributed by atoms with van der Waals surface area (Å²) in [6, 6.07) is 0. The standard InChI is InChI=1S/C10H20O3/c1-3-4-5-6-9(2)7-13-8-10(11)12/h9H,3-8H2,1-2H3,(H,11,12). The van der Waals surface area contributed by atoms with Crippen molar-refractivity contribution in [3.05, 3.63) is 0 Å².